The number of fused-ring (bicyclic) bond motifs is 3. The van der Waals surface area contributed by atoms with E-state index in [2.05, 4.69) is 83.7 Å². The van der Waals surface area contributed by atoms with Crippen LogP contribution < -0.4 is 5.32 Å². The molecule has 1 atom stereocenters. The minimum absolute atomic E-state index is 0.0379. The Kier molecular flexibility index (Phi) is 5.07. The molecule has 1 saturated carbocycles. The Bertz CT molecular complexity index is 1030. The predicted molar refractivity (Wildman–Crippen MR) is 120 cm³/mol. The highest BCUT2D eigenvalue weighted by Gasteiger charge is 2.33. The molecule has 0 unspecified atom stereocenters. The fourth-order valence-corrected chi connectivity index (χ4v) is 4.95. The maximum atomic E-state index is 13.6. The minimum Gasteiger partial charge on any atom is -0.335 e. The van der Waals surface area contributed by atoms with Gasteiger partial charge in [0.25, 0.3) is 0 Å². The maximum absolute atomic E-state index is 13.6. The van der Waals surface area contributed by atoms with E-state index in [0.717, 1.165) is 36.2 Å². The number of carbonyl (C=O) groups excluding carboxylic acids is 1. The molecule has 3 aromatic rings. The summed E-state index contributed by atoms with van der Waals surface area (Å²) in [6.45, 7) is 2.76. The van der Waals surface area contributed by atoms with E-state index >= 15 is 0 Å². The molecule has 0 radical (unpaired) electrons. The smallest absolute Gasteiger partial charge is 0.318 e. The molecular formula is C26H29N3O. The molecule has 2 aromatic carbocycles. The molecule has 1 aromatic heterocycles. The summed E-state index contributed by atoms with van der Waals surface area (Å²) in [5.74, 6) is 0. The van der Waals surface area contributed by atoms with Gasteiger partial charge in [-0.25, -0.2) is 4.79 Å². The van der Waals surface area contributed by atoms with E-state index in [1.165, 1.54) is 24.0 Å². The van der Waals surface area contributed by atoms with Gasteiger partial charge in [-0.2, -0.15) is 0 Å². The standard InChI is InChI=1S/C26H29N3O/c1-2-19-13-15-20(16-14-19)25-24-12-7-17-28(24)23-11-6-3-8-21(23)18-29(25)26(30)27-22-9-4-5-10-22/h3,6-8,11-17,22,25H,2,4-5,9-10,18H2,1H3,(H,27,30)/t25-/m1/s1. The third kappa shape index (κ3) is 3.41. The monoisotopic (exact) mass is 399 g/mol. The topological polar surface area (TPSA) is 37.3 Å². The van der Waals surface area contributed by atoms with Crippen molar-refractivity contribution in [2.75, 3.05) is 0 Å². The summed E-state index contributed by atoms with van der Waals surface area (Å²) in [4.78, 5) is 15.6. The van der Waals surface area contributed by atoms with Crippen molar-refractivity contribution in [3.05, 3.63) is 89.2 Å². The first-order valence-electron chi connectivity index (χ1n) is 11.2. The highest BCUT2D eigenvalue weighted by molar-refractivity contribution is 5.76. The summed E-state index contributed by atoms with van der Waals surface area (Å²) in [7, 11) is 0. The summed E-state index contributed by atoms with van der Waals surface area (Å²) >= 11 is 0. The molecule has 5 rings (SSSR count). The van der Waals surface area contributed by atoms with Crippen LogP contribution in [0.2, 0.25) is 0 Å². The quantitative estimate of drug-likeness (QED) is 0.612. The van der Waals surface area contributed by atoms with Crippen LogP contribution >= 0.6 is 0 Å². The van der Waals surface area contributed by atoms with E-state index in [9.17, 15) is 4.79 Å². The van der Waals surface area contributed by atoms with Gasteiger partial charge < -0.3 is 14.8 Å². The summed E-state index contributed by atoms with van der Waals surface area (Å²) in [6, 6.07) is 21.6. The fourth-order valence-electron chi connectivity index (χ4n) is 4.95. The van der Waals surface area contributed by atoms with Crippen LogP contribution in [-0.2, 0) is 13.0 Å². The molecule has 2 aliphatic rings. The van der Waals surface area contributed by atoms with Gasteiger partial charge in [-0.05, 0) is 54.2 Å². The van der Waals surface area contributed by atoms with Gasteiger partial charge >= 0.3 is 6.03 Å². The number of urea groups is 1. The zero-order chi connectivity index (χ0) is 20.5. The Morgan fingerprint density at radius 2 is 1.77 bits per heavy atom. The van der Waals surface area contributed by atoms with Gasteiger partial charge in [-0.15, -0.1) is 0 Å². The number of benzene rings is 2. The molecule has 0 spiro atoms. The SMILES string of the molecule is CCc1ccc([C@@H]2c3cccn3-c3ccccc3CN2C(=O)NC2CCCC2)cc1. The predicted octanol–water partition coefficient (Wildman–Crippen LogP) is 5.60. The largest absolute Gasteiger partial charge is 0.335 e. The van der Waals surface area contributed by atoms with Crippen molar-refractivity contribution < 1.29 is 4.79 Å². The first-order valence-corrected chi connectivity index (χ1v) is 11.2. The van der Waals surface area contributed by atoms with E-state index in [4.69, 9.17) is 0 Å². The lowest BCUT2D eigenvalue weighted by Gasteiger charge is -2.32. The van der Waals surface area contributed by atoms with E-state index in [1.807, 2.05) is 4.90 Å². The summed E-state index contributed by atoms with van der Waals surface area (Å²) in [5, 5.41) is 3.33. The molecule has 2 amide bonds. The Morgan fingerprint density at radius 1 is 1.00 bits per heavy atom. The van der Waals surface area contributed by atoms with Crippen molar-refractivity contribution in [2.45, 2.75) is 57.7 Å². The van der Waals surface area contributed by atoms with Crippen LogP contribution in [-0.4, -0.2) is 21.5 Å². The second-order valence-corrected chi connectivity index (χ2v) is 8.49. The van der Waals surface area contributed by atoms with Crippen molar-refractivity contribution in [1.29, 1.82) is 0 Å². The lowest BCUT2D eigenvalue weighted by atomic mass is 9.99. The molecule has 154 valence electrons. The number of rotatable bonds is 3. The molecule has 2 heterocycles. The zero-order valence-electron chi connectivity index (χ0n) is 17.6. The Labute approximate surface area is 178 Å². The fraction of sp³-hybridized carbons (Fsp3) is 0.346. The molecule has 1 N–H and O–H groups in total. The van der Waals surface area contributed by atoms with Gasteiger partial charge in [0.1, 0.15) is 0 Å². The van der Waals surface area contributed by atoms with Crippen molar-refractivity contribution in [3.8, 4) is 5.69 Å². The van der Waals surface area contributed by atoms with Crippen molar-refractivity contribution >= 4 is 6.03 Å². The third-order valence-electron chi connectivity index (χ3n) is 6.61. The van der Waals surface area contributed by atoms with Gasteiger partial charge in [0.15, 0.2) is 0 Å². The van der Waals surface area contributed by atoms with Crippen molar-refractivity contribution in [1.82, 2.24) is 14.8 Å². The number of nitrogens with one attached hydrogen (secondary N) is 1. The van der Waals surface area contributed by atoms with Crippen molar-refractivity contribution in [3.63, 3.8) is 0 Å². The van der Waals surface area contributed by atoms with Gasteiger partial charge in [0, 0.05) is 17.9 Å². The van der Waals surface area contributed by atoms with Gasteiger partial charge in [0.05, 0.1) is 18.3 Å². The normalized spacial score (nSPS) is 18.6. The van der Waals surface area contributed by atoms with Crippen LogP contribution in [0.5, 0.6) is 0 Å². The van der Waals surface area contributed by atoms with Crippen LogP contribution in [0.15, 0.2) is 66.9 Å². The van der Waals surface area contributed by atoms with Gasteiger partial charge in [-0.1, -0.05) is 62.2 Å². The molecular weight excluding hydrogens is 370 g/mol. The van der Waals surface area contributed by atoms with E-state index in [1.54, 1.807) is 0 Å². The molecule has 1 aliphatic heterocycles. The number of aryl methyl sites for hydroxylation is 1. The number of carbonyl (C=O) groups is 1. The molecule has 1 fully saturated rings. The second kappa shape index (κ2) is 8.02. The van der Waals surface area contributed by atoms with E-state index < -0.39 is 0 Å². The minimum atomic E-state index is -0.125. The molecule has 0 saturated heterocycles. The first kappa shape index (κ1) is 19.0. The lowest BCUT2D eigenvalue weighted by molar-refractivity contribution is 0.176. The molecule has 30 heavy (non-hydrogen) atoms. The number of para-hydroxylation sites is 1. The highest BCUT2D eigenvalue weighted by atomic mass is 16.2. The van der Waals surface area contributed by atoms with E-state index in [-0.39, 0.29) is 12.1 Å². The molecule has 0 bridgehead atoms. The molecule has 4 nitrogen and oxygen atoms in total. The van der Waals surface area contributed by atoms with Crippen LogP contribution in [0, 0.1) is 0 Å². The number of aromatic nitrogens is 1. The lowest BCUT2D eigenvalue weighted by Crippen LogP contribution is -2.45. The van der Waals surface area contributed by atoms with Gasteiger partial charge in [-0.3, -0.25) is 0 Å². The summed E-state index contributed by atoms with van der Waals surface area (Å²) in [5.41, 5.74) is 5.92. The number of nitrogens with zero attached hydrogens (tertiary/aromatic N) is 2. The molecule has 1 aliphatic carbocycles. The average Bonchev–Trinajstić information content (AvgIpc) is 3.44. The van der Waals surface area contributed by atoms with Crippen molar-refractivity contribution in [2.24, 2.45) is 0 Å². The Balaban J connectivity index is 1.60. The number of hydrogen-bond acceptors (Lipinski definition) is 1. The number of hydrogen-bond donors (Lipinski definition) is 1. The zero-order valence-corrected chi connectivity index (χ0v) is 17.6. The summed E-state index contributed by atoms with van der Waals surface area (Å²) in [6.07, 6.45) is 7.71. The van der Waals surface area contributed by atoms with Gasteiger partial charge in [0.2, 0.25) is 0 Å². The average molecular weight is 400 g/mol. The van der Waals surface area contributed by atoms with E-state index in [0.29, 0.717) is 12.6 Å². The van der Waals surface area contributed by atoms with Crippen LogP contribution in [0.1, 0.15) is 61.0 Å². The highest BCUT2D eigenvalue weighted by Crippen LogP contribution is 2.37. The second-order valence-electron chi connectivity index (χ2n) is 8.49. The third-order valence-corrected chi connectivity index (χ3v) is 6.61. The van der Waals surface area contributed by atoms with Crippen LogP contribution in [0.4, 0.5) is 4.79 Å². The van der Waals surface area contributed by atoms with Crippen LogP contribution in [0.25, 0.3) is 5.69 Å². The first-order chi connectivity index (χ1) is 14.7. The number of amides is 2. The Morgan fingerprint density at radius 3 is 2.53 bits per heavy atom. The molecule has 4 heteroatoms. The Hall–Kier alpha value is -3.01. The van der Waals surface area contributed by atoms with Crippen LogP contribution in [0.3, 0.4) is 0 Å². The summed E-state index contributed by atoms with van der Waals surface area (Å²) < 4.78 is 2.25. The maximum Gasteiger partial charge on any atom is 0.318 e.